The third-order valence-corrected chi connectivity index (χ3v) is 5.97. The standard InChI is InChI=1S/C27H24N4O3/c1-34-23-11-8-19(9-12-23)24-5-2-3-6-25(24)27(33)29-22-10-7-20-16-30(17-21(20)15-22)26(32)18-31-14-4-13-28-31/h2-15H,16-18H2,1H3,(H,29,33). The molecule has 2 amide bonds. The van der Waals surface area contributed by atoms with Gasteiger partial charge in [-0.1, -0.05) is 36.4 Å². The number of rotatable bonds is 6. The van der Waals surface area contributed by atoms with Gasteiger partial charge >= 0.3 is 0 Å². The van der Waals surface area contributed by atoms with Crippen LogP contribution in [0.5, 0.6) is 5.75 Å². The van der Waals surface area contributed by atoms with Crippen LogP contribution in [0, 0.1) is 0 Å². The van der Waals surface area contributed by atoms with E-state index >= 15 is 0 Å². The van der Waals surface area contributed by atoms with Gasteiger partial charge in [-0.25, -0.2) is 0 Å². The smallest absolute Gasteiger partial charge is 0.256 e. The zero-order valence-corrected chi connectivity index (χ0v) is 18.8. The van der Waals surface area contributed by atoms with Crippen molar-refractivity contribution in [1.82, 2.24) is 14.7 Å². The summed E-state index contributed by atoms with van der Waals surface area (Å²) >= 11 is 0. The summed E-state index contributed by atoms with van der Waals surface area (Å²) in [5.41, 5.74) is 5.20. The number of hydrogen-bond acceptors (Lipinski definition) is 4. The summed E-state index contributed by atoms with van der Waals surface area (Å²) in [7, 11) is 1.63. The lowest BCUT2D eigenvalue weighted by Crippen LogP contribution is -2.29. The molecule has 3 aromatic carbocycles. The van der Waals surface area contributed by atoms with E-state index in [2.05, 4.69) is 10.4 Å². The van der Waals surface area contributed by atoms with Crippen LogP contribution in [0.4, 0.5) is 5.69 Å². The molecular weight excluding hydrogens is 428 g/mol. The second kappa shape index (κ2) is 9.23. The highest BCUT2D eigenvalue weighted by atomic mass is 16.5. The number of anilines is 1. The third kappa shape index (κ3) is 4.41. The van der Waals surface area contributed by atoms with Crippen molar-refractivity contribution in [3.05, 3.63) is 102 Å². The van der Waals surface area contributed by atoms with Crippen molar-refractivity contribution in [2.24, 2.45) is 0 Å². The van der Waals surface area contributed by atoms with Gasteiger partial charge in [0.15, 0.2) is 0 Å². The second-order valence-electron chi connectivity index (χ2n) is 8.17. The molecule has 0 radical (unpaired) electrons. The van der Waals surface area contributed by atoms with Gasteiger partial charge in [0.2, 0.25) is 5.91 Å². The molecule has 4 aromatic rings. The average Bonchev–Trinajstić information content (AvgIpc) is 3.53. The Morgan fingerprint density at radius 2 is 1.76 bits per heavy atom. The number of carbonyl (C=O) groups excluding carboxylic acids is 2. The summed E-state index contributed by atoms with van der Waals surface area (Å²) in [6.45, 7) is 1.29. The Bertz CT molecular complexity index is 1330. The number of fused-ring (bicyclic) bond motifs is 1. The van der Waals surface area contributed by atoms with Gasteiger partial charge in [0.1, 0.15) is 12.3 Å². The Balaban J connectivity index is 1.30. The highest BCUT2D eigenvalue weighted by molar-refractivity contribution is 6.08. The Labute approximate surface area is 197 Å². The molecule has 34 heavy (non-hydrogen) atoms. The zero-order valence-electron chi connectivity index (χ0n) is 18.8. The fraction of sp³-hybridized carbons (Fsp3) is 0.148. The SMILES string of the molecule is COc1ccc(-c2ccccc2C(=O)Nc2ccc3c(c2)CN(C(=O)Cn2cccn2)C3)cc1. The topological polar surface area (TPSA) is 76.5 Å². The first-order valence-electron chi connectivity index (χ1n) is 11.0. The average molecular weight is 453 g/mol. The summed E-state index contributed by atoms with van der Waals surface area (Å²) in [4.78, 5) is 27.6. The summed E-state index contributed by atoms with van der Waals surface area (Å²) in [6.07, 6.45) is 3.44. The van der Waals surface area contributed by atoms with Gasteiger partial charge < -0.3 is 15.0 Å². The number of nitrogens with zero attached hydrogens (tertiary/aromatic N) is 3. The lowest BCUT2D eigenvalue weighted by molar-refractivity contribution is -0.132. The minimum absolute atomic E-state index is 0.0129. The first-order valence-corrected chi connectivity index (χ1v) is 11.0. The molecule has 1 aliphatic heterocycles. The van der Waals surface area contributed by atoms with E-state index in [1.54, 1.807) is 35.2 Å². The molecule has 5 rings (SSSR count). The van der Waals surface area contributed by atoms with Crippen molar-refractivity contribution in [3.8, 4) is 16.9 Å². The first kappa shape index (κ1) is 21.5. The van der Waals surface area contributed by atoms with E-state index < -0.39 is 0 Å². The highest BCUT2D eigenvalue weighted by Crippen LogP contribution is 2.29. The van der Waals surface area contributed by atoms with Crippen LogP contribution in [0.25, 0.3) is 11.1 Å². The van der Waals surface area contributed by atoms with E-state index in [0.29, 0.717) is 24.3 Å². The number of aromatic nitrogens is 2. The number of hydrogen-bond donors (Lipinski definition) is 1. The van der Waals surface area contributed by atoms with Gasteiger partial charge in [-0.3, -0.25) is 14.3 Å². The van der Waals surface area contributed by atoms with Crippen LogP contribution in [0.2, 0.25) is 0 Å². The normalized spacial score (nSPS) is 12.3. The van der Waals surface area contributed by atoms with E-state index in [-0.39, 0.29) is 18.4 Å². The molecule has 0 spiro atoms. The molecule has 1 N–H and O–H groups in total. The summed E-state index contributed by atoms with van der Waals surface area (Å²) in [5.74, 6) is 0.593. The predicted molar refractivity (Wildman–Crippen MR) is 129 cm³/mol. The van der Waals surface area contributed by atoms with Crippen LogP contribution in [-0.4, -0.2) is 33.6 Å². The molecule has 0 fully saturated rings. The largest absolute Gasteiger partial charge is 0.497 e. The van der Waals surface area contributed by atoms with Gasteiger partial charge in [0.25, 0.3) is 5.91 Å². The van der Waals surface area contributed by atoms with Gasteiger partial charge in [-0.15, -0.1) is 0 Å². The van der Waals surface area contributed by atoms with Crippen molar-refractivity contribution in [1.29, 1.82) is 0 Å². The maximum absolute atomic E-state index is 13.2. The minimum Gasteiger partial charge on any atom is -0.497 e. The van der Waals surface area contributed by atoms with Crippen LogP contribution >= 0.6 is 0 Å². The number of carbonyl (C=O) groups is 2. The fourth-order valence-corrected chi connectivity index (χ4v) is 4.18. The third-order valence-electron chi connectivity index (χ3n) is 5.97. The van der Waals surface area contributed by atoms with Crippen LogP contribution in [-0.2, 0) is 24.4 Å². The monoisotopic (exact) mass is 452 g/mol. The quantitative estimate of drug-likeness (QED) is 0.472. The van der Waals surface area contributed by atoms with Crippen LogP contribution in [0.15, 0.2) is 85.2 Å². The van der Waals surface area contributed by atoms with E-state index in [1.165, 1.54) is 0 Å². The Morgan fingerprint density at radius 3 is 2.53 bits per heavy atom. The number of amides is 2. The van der Waals surface area contributed by atoms with Gasteiger partial charge in [0, 0.05) is 36.7 Å². The van der Waals surface area contributed by atoms with Crippen LogP contribution < -0.4 is 10.1 Å². The molecule has 0 atom stereocenters. The van der Waals surface area contributed by atoms with Crippen molar-refractivity contribution in [2.45, 2.75) is 19.6 Å². The van der Waals surface area contributed by atoms with Crippen molar-refractivity contribution in [3.63, 3.8) is 0 Å². The molecule has 0 saturated carbocycles. The number of nitrogens with one attached hydrogen (secondary N) is 1. The summed E-state index contributed by atoms with van der Waals surface area (Å²) in [5, 5.41) is 7.13. The Hall–Kier alpha value is -4.39. The number of ether oxygens (including phenoxy) is 1. The summed E-state index contributed by atoms with van der Waals surface area (Å²) in [6, 6.07) is 22.8. The zero-order chi connectivity index (χ0) is 23.5. The van der Waals surface area contributed by atoms with Crippen molar-refractivity contribution >= 4 is 17.5 Å². The molecule has 2 heterocycles. The van der Waals surface area contributed by atoms with Crippen molar-refractivity contribution in [2.75, 3.05) is 12.4 Å². The molecule has 0 bridgehead atoms. The maximum Gasteiger partial charge on any atom is 0.256 e. The molecule has 0 aliphatic carbocycles. The van der Waals surface area contributed by atoms with Crippen LogP contribution in [0.3, 0.4) is 0 Å². The second-order valence-corrected chi connectivity index (χ2v) is 8.17. The fourth-order valence-electron chi connectivity index (χ4n) is 4.18. The van der Waals surface area contributed by atoms with E-state index in [4.69, 9.17) is 4.74 Å². The molecule has 1 aromatic heterocycles. The maximum atomic E-state index is 13.2. The van der Waals surface area contributed by atoms with Gasteiger partial charge in [-0.05, 0) is 58.7 Å². The molecule has 170 valence electrons. The van der Waals surface area contributed by atoms with Crippen molar-refractivity contribution < 1.29 is 14.3 Å². The molecule has 0 saturated heterocycles. The lowest BCUT2D eigenvalue weighted by atomic mass is 9.99. The predicted octanol–water partition coefficient (Wildman–Crippen LogP) is 4.35. The van der Waals surface area contributed by atoms with Crippen LogP contribution in [0.1, 0.15) is 21.5 Å². The van der Waals surface area contributed by atoms with E-state index in [1.807, 2.05) is 66.7 Å². The molecular formula is C27H24N4O3. The van der Waals surface area contributed by atoms with Gasteiger partial charge in [-0.2, -0.15) is 5.10 Å². The summed E-state index contributed by atoms with van der Waals surface area (Å²) < 4.78 is 6.86. The van der Waals surface area contributed by atoms with E-state index in [9.17, 15) is 9.59 Å². The Kier molecular flexibility index (Phi) is 5.82. The lowest BCUT2D eigenvalue weighted by Gasteiger charge is -2.15. The number of methoxy groups -OCH3 is 1. The Morgan fingerprint density at radius 1 is 0.971 bits per heavy atom. The molecule has 7 heteroatoms. The highest BCUT2D eigenvalue weighted by Gasteiger charge is 2.24. The first-order chi connectivity index (χ1) is 16.6. The van der Waals surface area contributed by atoms with E-state index in [0.717, 1.165) is 28.0 Å². The molecule has 1 aliphatic rings. The van der Waals surface area contributed by atoms with Gasteiger partial charge in [0.05, 0.1) is 7.11 Å². The molecule has 0 unspecified atom stereocenters. The minimum atomic E-state index is -0.184. The number of benzene rings is 3. The molecule has 7 nitrogen and oxygen atoms in total.